The lowest BCUT2D eigenvalue weighted by molar-refractivity contribution is -0.127. The van der Waals surface area contributed by atoms with Gasteiger partial charge in [0.25, 0.3) is 11.1 Å². The molecule has 34 heavy (non-hydrogen) atoms. The first-order chi connectivity index (χ1) is 16.5. The number of rotatable bonds is 5. The van der Waals surface area contributed by atoms with Crippen molar-refractivity contribution in [3.63, 3.8) is 0 Å². The lowest BCUT2D eigenvalue weighted by atomic mass is 10.1. The van der Waals surface area contributed by atoms with Crippen LogP contribution in [0.5, 0.6) is 0 Å². The van der Waals surface area contributed by atoms with Crippen molar-refractivity contribution in [2.75, 3.05) is 11.9 Å². The molecule has 1 aromatic heterocycles. The number of carbonyl (C=O) groups excluding carboxylic acids is 3. The molecule has 4 aromatic rings. The van der Waals surface area contributed by atoms with Crippen LogP contribution in [-0.4, -0.2) is 28.5 Å². The molecular formula is C26H17BrN2O4S. The molecule has 3 amide bonds. The lowest BCUT2D eigenvalue weighted by Gasteiger charge is -2.13. The van der Waals surface area contributed by atoms with Crippen LogP contribution < -0.4 is 5.32 Å². The van der Waals surface area contributed by atoms with Crippen molar-refractivity contribution in [2.45, 2.75) is 0 Å². The van der Waals surface area contributed by atoms with Gasteiger partial charge in [-0.25, -0.2) is 0 Å². The van der Waals surface area contributed by atoms with E-state index >= 15 is 0 Å². The molecule has 0 atom stereocenters. The van der Waals surface area contributed by atoms with Gasteiger partial charge in [-0.3, -0.25) is 19.3 Å². The molecule has 0 aliphatic carbocycles. The van der Waals surface area contributed by atoms with E-state index in [-0.39, 0.29) is 11.4 Å². The molecule has 0 spiro atoms. The third-order valence-corrected chi connectivity index (χ3v) is 6.70. The van der Waals surface area contributed by atoms with E-state index in [1.54, 1.807) is 18.2 Å². The van der Waals surface area contributed by atoms with Crippen LogP contribution >= 0.6 is 27.7 Å². The number of fused-ring (bicyclic) bond motifs is 1. The Balaban J connectivity index is 1.29. The van der Waals surface area contributed by atoms with Gasteiger partial charge in [-0.1, -0.05) is 64.5 Å². The van der Waals surface area contributed by atoms with Gasteiger partial charge >= 0.3 is 0 Å². The summed E-state index contributed by atoms with van der Waals surface area (Å²) in [4.78, 5) is 39.1. The normalized spacial score (nSPS) is 14.9. The van der Waals surface area contributed by atoms with Gasteiger partial charge in [0, 0.05) is 27.2 Å². The second-order valence-corrected chi connectivity index (χ2v) is 9.46. The first kappa shape index (κ1) is 22.2. The zero-order chi connectivity index (χ0) is 23.7. The van der Waals surface area contributed by atoms with Crippen LogP contribution in [0, 0.1) is 0 Å². The number of amides is 3. The predicted molar refractivity (Wildman–Crippen MR) is 137 cm³/mol. The van der Waals surface area contributed by atoms with Crippen LogP contribution in [0.2, 0.25) is 0 Å². The number of nitrogens with one attached hydrogen (secondary N) is 1. The minimum Gasteiger partial charge on any atom is -0.457 e. The number of halogens is 1. The average molecular weight is 533 g/mol. The standard InChI is InChI=1S/C26H17BrN2O4S/c27-18-10-8-17(9-11-18)22-13-12-19(33-22)14-23-25(31)29(26(32)34-23)15-24(30)28-21-7-3-5-16-4-1-2-6-20(16)21/h1-14H,15H2,(H,28,30)/b23-14+. The van der Waals surface area contributed by atoms with E-state index in [0.29, 0.717) is 17.2 Å². The van der Waals surface area contributed by atoms with Gasteiger partial charge in [-0.2, -0.15) is 0 Å². The first-order valence-electron chi connectivity index (χ1n) is 10.4. The third kappa shape index (κ3) is 4.55. The number of imide groups is 1. The van der Waals surface area contributed by atoms with Gasteiger partial charge in [0.15, 0.2) is 0 Å². The monoisotopic (exact) mass is 532 g/mol. The van der Waals surface area contributed by atoms with E-state index in [9.17, 15) is 14.4 Å². The van der Waals surface area contributed by atoms with Crippen molar-refractivity contribution in [3.05, 3.63) is 94.0 Å². The molecule has 1 N–H and O–H groups in total. The van der Waals surface area contributed by atoms with Gasteiger partial charge < -0.3 is 9.73 Å². The van der Waals surface area contributed by atoms with E-state index in [2.05, 4.69) is 21.2 Å². The summed E-state index contributed by atoms with van der Waals surface area (Å²) in [5, 5.41) is 4.17. The first-order valence-corrected chi connectivity index (χ1v) is 12.0. The maximum atomic E-state index is 12.8. The van der Waals surface area contributed by atoms with Crippen LogP contribution in [0.1, 0.15) is 5.76 Å². The molecule has 0 saturated carbocycles. The van der Waals surface area contributed by atoms with Crippen molar-refractivity contribution < 1.29 is 18.8 Å². The van der Waals surface area contributed by atoms with Crippen LogP contribution in [0.25, 0.3) is 28.2 Å². The highest BCUT2D eigenvalue weighted by atomic mass is 79.9. The largest absolute Gasteiger partial charge is 0.457 e. The zero-order valence-electron chi connectivity index (χ0n) is 17.7. The number of hydrogen-bond acceptors (Lipinski definition) is 5. The summed E-state index contributed by atoms with van der Waals surface area (Å²) in [5.74, 6) is 0.121. The maximum Gasteiger partial charge on any atom is 0.294 e. The SMILES string of the molecule is O=C(CN1C(=O)S/C(=C/c2ccc(-c3ccc(Br)cc3)o2)C1=O)Nc1cccc2ccccc12. The minimum atomic E-state index is -0.523. The summed E-state index contributed by atoms with van der Waals surface area (Å²) in [7, 11) is 0. The smallest absolute Gasteiger partial charge is 0.294 e. The van der Waals surface area contributed by atoms with Gasteiger partial charge in [0.2, 0.25) is 5.91 Å². The number of anilines is 1. The summed E-state index contributed by atoms with van der Waals surface area (Å²) >= 11 is 4.19. The molecule has 168 valence electrons. The number of benzene rings is 3. The molecule has 0 radical (unpaired) electrons. The Labute approximate surface area is 207 Å². The van der Waals surface area contributed by atoms with Crippen LogP contribution in [0.15, 0.2) is 92.7 Å². The molecule has 1 fully saturated rings. The molecule has 5 rings (SSSR count). The molecule has 0 unspecified atom stereocenters. The van der Waals surface area contributed by atoms with Gasteiger partial charge in [0.1, 0.15) is 18.1 Å². The van der Waals surface area contributed by atoms with Crippen molar-refractivity contribution in [1.29, 1.82) is 0 Å². The molecule has 8 heteroatoms. The number of carbonyl (C=O) groups is 3. The molecule has 6 nitrogen and oxygen atoms in total. The fraction of sp³-hybridized carbons (Fsp3) is 0.0385. The second-order valence-electron chi connectivity index (χ2n) is 7.55. The summed E-state index contributed by atoms with van der Waals surface area (Å²) < 4.78 is 6.78. The van der Waals surface area contributed by atoms with Crippen LogP contribution in [0.3, 0.4) is 0 Å². The summed E-state index contributed by atoms with van der Waals surface area (Å²) in [5.41, 5.74) is 1.52. The molecule has 1 aliphatic rings. The van der Waals surface area contributed by atoms with Crippen LogP contribution in [-0.2, 0) is 9.59 Å². The number of hydrogen-bond donors (Lipinski definition) is 1. The molecule has 1 aliphatic heterocycles. The Bertz CT molecular complexity index is 1450. The number of nitrogens with zero attached hydrogens (tertiary/aromatic N) is 1. The number of thioether (sulfide) groups is 1. The van der Waals surface area contributed by atoms with E-state index in [1.165, 1.54) is 6.08 Å². The van der Waals surface area contributed by atoms with Gasteiger partial charge in [0.05, 0.1) is 4.91 Å². The third-order valence-electron chi connectivity index (χ3n) is 5.27. The quantitative estimate of drug-likeness (QED) is 0.295. The highest BCUT2D eigenvalue weighted by Crippen LogP contribution is 2.33. The van der Waals surface area contributed by atoms with Crippen molar-refractivity contribution in [2.24, 2.45) is 0 Å². The summed E-state index contributed by atoms with van der Waals surface area (Å²) in [6.07, 6.45) is 1.52. The average Bonchev–Trinajstić information content (AvgIpc) is 3.40. The second kappa shape index (κ2) is 9.32. The maximum absolute atomic E-state index is 12.8. The van der Waals surface area contributed by atoms with Crippen molar-refractivity contribution in [1.82, 2.24) is 4.90 Å². The molecule has 2 heterocycles. The van der Waals surface area contributed by atoms with E-state index in [1.807, 2.05) is 60.7 Å². The van der Waals surface area contributed by atoms with Crippen molar-refractivity contribution in [3.8, 4) is 11.3 Å². The van der Waals surface area contributed by atoms with E-state index < -0.39 is 17.1 Å². The molecule has 3 aromatic carbocycles. The molecule has 1 saturated heterocycles. The minimum absolute atomic E-state index is 0.208. The summed E-state index contributed by atoms with van der Waals surface area (Å²) in [6, 6.07) is 24.4. The highest BCUT2D eigenvalue weighted by molar-refractivity contribution is 9.10. The van der Waals surface area contributed by atoms with Gasteiger partial charge in [-0.15, -0.1) is 0 Å². The van der Waals surface area contributed by atoms with Gasteiger partial charge in [-0.05, 0) is 47.5 Å². The fourth-order valence-corrected chi connectivity index (χ4v) is 4.72. The molecular weight excluding hydrogens is 516 g/mol. The van der Waals surface area contributed by atoms with Crippen molar-refractivity contribution >= 4 is 67.3 Å². The lowest BCUT2D eigenvalue weighted by Crippen LogP contribution is -2.36. The summed E-state index contributed by atoms with van der Waals surface area (Å²) in [6.45, 7) is -0.368. The molecule has 0 bridgehead atoms. The fourth-order valence-electron chi connectivity index (χ4n) is 3.63. The Morgan fingerprint density at radius 1 is 0.971 bits per heavy atom. The Morgan fingerprint density at radius 2 is 1.74 bits per heavy atom. The Morgan fingerprint density at radius 3 is 2.56 bits per heavy atom. The number of furan rings is 1. The van der Waals surface area contributed by atoms with Crippen LogP contribution in [0.4, 0.5) is 10.5 Å². The Kier molecular flexibility index (Phi) is 6.08. The predicted octanol–water partition coefficient (Wildman–Crippen LogP) is 6.54. The van der Waals surface area contributed by atoms with E-state index in [0.717, 1.165) is 37.5 Å². The topological polar surface area (TPSA) is 79.6 Å². The zero-order valence-corrected chi connectivity index (χ0v) is 20.1. The highest BCUT2D eigenvalue weighted by Gasteiger charge is 2.36. The Hall–Kier alpha value is -3.62. The van der Waals surface area contributed by atoms with E-state index in [4.69, 9.17) is 4.42 Å².